The zero-order chi connectivity index (χ0) is 17.0. The number of hydrogen-bond donors (Lipinski definition) is 0. The minimum atomic E-state index is -0.236. The van der Waals surface area contributed by atoms with E-state index in [1.54, 1.807) is 7.11 Å². The summed E-state index contributed by atoms with van der Waals surface area (Å²) in [5, 5.41) is 4.30. The number of oxime groups is 1. The number of methoxy groups -OCH3 is 1. The highest BCUT2D eigenvalue weighted by Crippen LogP contribution is 2.60. The predicted octanol–water partition coefficient (Wildman–Crippen LogP) is 4.11. The monoisotopic (exact) mass is 339 g/mol. The lowest BCUT2D eigenvalue weighted by molar-refractivity contribution is -0.171. The van der Waals surface area contributed by atoms with Gasteiger partial charge in [-0.25, -0.2) is 4.79 Å². The average molecular weight is 339 g/mol. The van der Waals surface area contributed by atoms with Crippen LogP contribution in [0.15, 0.2) is 23.4 Å². The van der Waals surface area contributed by atoms with E-state index < -0.39 is 0 Å². The minimum Gasteiger partial charge on any atom is -0.497 e. The first-order chi connectivity index (χ1) is 12.1. The summed E-state index contributed by atoms with van der Waals surface area (Å²) in [5.74, 6) is 3.02. The number of ether oxygens (including phenoxy) is 1. The summed E-state index contributed by atoms with van der Waals surface area (Å²) in [6.45, 7) is 0. The molecule has 0 heterocycles. The standard InChI is InChI=1S/C21H25NO3/c1-24-17-3-4-18-16(9-17)2-5-19(18)22-25-20(23)21-10-13-6-14(11-21)8-15(7-13)12-21/h3-4,9,13-15H,2,5-8,10-12H2,1H3/b22-19+. The maximum Gasteiger partial charge on any atom is 0.341 e. The van der Waals surface area contributed by atoms with Crippen LogP contribution >= 0.6 is 0 Å². The summed E-state index contributed by atoms with van der Waals surface area (Å²) >= 11 is 0. The third-order valence-electron chi connectivity index (χ3n) is 6.96. The van der Waals surface area contributed by atoms with Crippen LogP contribution in [0.25, 0.3) is 0 Å². The Kier molecular flexibility index (Phi) is 3.44. The molecular formula is C21H25NO3. The van der Waals surface area contributed by atoms with Crippen LogP contribution in [0.3, 0.4) is 0 Å². The van der Waals surface area contributed by atoms with Crippen molar-refractivity contribution >= 4 is 11.7 Å². The Morgan fingerprint density at radius 3 is 2.40 bits per heavy atom. The first-order valence-corrected chi connectivity index (χ1v) is 9.61. The van der Waals surface area contributed by atoms with Crippen molar-refractivity contribution in [3.8, 4) is 5.75 Å². The van der Waals surface area contributed by atoms with Gasteiger partial charge >= 0.3 is 5.97 Å². The van der Waals surface area contributed by atoms with Crippen molar-refractivity contribution in [1.82, 2.24) is 0 Å². The van der Waals surface area contributed by atoms with Crippen molar-refractivity contribution in [3.63, 3.8) is 0 Å². The summed E-state index contributed by atoms with van der Waals surface area (Å²) in [4.78, 5) is 18.5. The molecule has 0 aromatic heterocycles. The first-order valence-electron chi connectivity index (χ1n) is 9.61. The van der Waals surface area contributed by atoms with Crippen LogP contribution in [0.5, 0.6) is 5.75 Å². The molecule has 0 aliphatic heterocycles. The predicted molar refractivity (Wildman–Crippen MR) is 94.5 cm³/mol. The van der Waals surface area contributed by atoms with E-state index in [9.17, 15) is 4.79 Å². The Labute approximate surface area is 148 Å². The molecule has 1 aromatic carbocycles. The molecule has 0 N–H and O–H groups in total. The van der Waals surface area contributed by atoms with Crippen LogP contribution in [-0.4, -0.2) is 18.8 Å². The van der Waals surface area contributed by atoms with Gasteiger partial charge in [-0.3, -0.25) is 0 Å². The van der Waals surface area contributed by atoms with Crippen LogP contribution < -0.4 is 4.74 Å². The summed E-state index contributed by atoms with van der Waals surface area (Å²) in [6.07, 6.45) is 8.82. The fraction of sp³-hybridized carbons (Fsp3) is 0.619. The molecule has 5 aliphatic rings. The van der Waals surface area contributed by atoms with E-state index in [2.05, 4.69) is 11.2 Å². The van der Waals surface area contributed by atoms with Gasteiger partial charge in [0.1, 0.15) is 5.75 Å². The molecule has 5 aliphatic carbocycles. The molecule has 1 aromatic rings. The van der Waals surface area contributed by atoms with Gasteiger partial charge in [0.15, 0.2) is 0 Å². The van der Waals surface area contributed by atoms with Crippen LogP contribution in [0.4, 0.5) is 0 Å². The molecule has 4 saturated carbocycles. The zero-order valence-corrected chi connectivity index (χ0v) is 14.8. The first kappa shape index (κ1) is 15.4. The molecule has 0 unspecified atom stereocenters. The number of aryl methyl sites for hydroxylation is 1. The molecule has 4 bridgehead atoms. The highest BCUT2D eigenvalue weighted by Gasteiger charge is 2.55. The van der Waals surface area contributed by atoms with Gasteiger partial charge in [-0.2, -0.15) is 0 Å². The van der Waals surface area contributed by atoms with Crippen molar-refractivity contribution in [2.45, 2.75) is 51.4 Å². The minimum absolute atomic E-state index is 0.0685. The van der Waals surface area contributed by atoms with Crippen molar-refractivity contribution in [2.75, 3.05) is 7.11 Å². The zero-order valence-electron chi connectivity index (χ0n) is 14.8. The Morgan fingerprint density at radius 2 is 1.76 bits per heavy atom. The van der Waals surface area contributed by atoms with Gasteiger partial charge in [0.2, 0.25) is 0 Å². The SMILES string of the molecule is COc1ccc2c(c1)CC/C2=N\OC(=O)C12CC3CC(CC(C3)C1)C2. The smallest absolute Gasteiger partial charge is 0.341 e. The largest absolute Gasteiger partial charge is 0.497 e. The summed E-state index contributed by atoms with van der Waals surface area (Å²) < 4.78 is 5.29. The Hall–Kier alpha value is -1.84. The molecule has 0 saturated heterocycles. The van der Waals surface area contributed by atoms with Gasteiger partial charge in [-0.15, -0.1) is 0 Å². The average Bonchev–Trinajstić information content (AvgIpc) is 3.00. The van der Waals surface area contributed by atoms with Crippen molar-refractivity contribution < 1.29 is 14.4 Å². The van der Waals surface area contributed by atoms with Gasteiger partial charge in [-0.1, -0.05) is 5.16 Å². The quantitative estimate of drug-likeness (QED) is 0.615. The van der Waals surface area contributed by atoms with E-state index in [0.29, 0.717) is 0 Å². The van der Waals surface area contributed by atoms with Gasteiger partial charge in [0.05, 0.1) is 18.2 Å². The van der Waals surface area contributed by atoms with Crippen molar-refractivity contribution in [2.24, 2.45) is 28.3 Å². The van der Waals surface area contributed by atoms with Crippen LogP contribution in [-0.2, 0) is 16.1 Å². The van der Waals surface area contributed by atoms with Gasteiger partial charge < -0.3 is 9.57 Å². The number of nitrogens with zero attached hydrogens (tertiary/aromatic N) is 1. The van der Waals surface area contributed by atoms with E-state index in [1.807, 2.05) is 12.1 Å². The lowest BCUT2D eigenvalue weighted by Crippen LogP contribution is -2.50. The number of carbonyl (C=O) groups excluding carboxylic acids is 1. The second-order valence-electron chi connectivity index (χ2n) is 8.64. The Bertz CT molecular complexity index is 716. The molecule has 132 valence electrons. The number of carbonyl (C=O) groups is 1. The Balaban J connectivity index is 1.34. The molecule has 4 heteroatoms. The van der Waals surface area contributed by atoms with E-state index in [4.69, 9.17) is 9.57 Å². The van der Waals surface area contributed by atoms with Crippen molar-refractivity contribution in [1.29, 1.82) is 0 Å². The highest BCUT2D eigenvalue weighted by atomic mass is 16.7. The van der Waals surface area contributed by atoms with Gasteiger partial charge in [-0.05, 0) is 92.9 Å². The molecule has 4 fully saturated rings. The highest BCUT2D eigenvalue weighted by molar-refractivity contribution is 6.04. The molecular weight excluding hydrogens is 314 g/mol. The maximum absolute atomic E-state index is 12.9. The second-order valence-corrected chi connectivity index (χ2v) is 8.64. The normalized spacial score (nSPS) is 36.5. The number of fused-ring (bicyclic) bond motifs is 1. The molecule has 0 amide bonds. The third kappa shape index (κ3) is 2.49. The van der Waals surface area contributed by atoms with E-state index in [-0.39, 0.29) is 11.4 Å². The lowest BCUT2D eigenvalue weighted by atomic mass is 9.49. The molecule has 0 spiro atoms. The Morgan fingerprint density at radius 1 is 1.08 bits per heavy atom. The maximum atomic E-state index is 12.9. The number of hydrogen-bond acceptors (Lipinski definition) is 4. The molecule has 6 rings (SSSR count). The number of rotatable bonds is 3. The second kappa shape index (κ2) is 5.58. The fourth-order valence-electron chi connectivity index (χ4n) is 6.22. The molecule has 0 atom stereocenters. The van der Waals surface area contributed by atoms with Gasteiger partial charge in [0.25, 0.3) is 0 Å². The molecule has 0 radical (unpaired) electrons. The van der Waals surface area contributed by atoms with Gasteiger partial charge in [0, 0.05) is 5.56 Å². The van der Waals surface area contributed by atoms with E-state index in [1.165, 1.54) is 24.8 Å². The number of benzene rings is 1. The summed E-state index contributed by atoms with van der Waals surface area (Å²) in [5.41, 5.74) is 2.99. The lowest BCUT2D eigenvalue weighted by Gasteiger charge is -2.54. The molecule has 4 nitrogen and oxygen atoms in total. The van der Waals surface area contributed by atoms with E-state index >= 15 is 0 Å². The van der Waals surface area contributed by atoms with Crippen LogP contribution in [0.1, 0.15) is 56.1 Å². The summed E-state index contributed by atoms with van der Waals surface area (Å²) in [6, 6.07) is 6.03. The van der Waals surface area contributed by atoms with Crippen LogP contribution in [0.2, 0.25) is 0 Å². The van der Waals surface area contributed by atoms with Crippen LogP contribution in [0, 0.1) is 23.2 Å². The molecule has 25 heavy (non-hydrogen) atoms. The topological polar surface area (TPSA) is 47.9 Å². The third-order valence-corrected chi connectivity index (χ3v) is 6.96. The van der Waals surface area contributed by atoms with E-state index in [0.717, 1.165) is 66.9 Å². The fourth-order valence-corrected chi connectivity index (χ4v) is 6.22. The summed E-state index contributed by atoms with van der Waals surface area (Å²) in [7, 11) is 1.68. The van der Waals surface area contributed by atoms with Crippen molar-refractivity contribution in [3.05, 3.63) is 29.3 Å².